The third kappa shape index (κ3) is 3.20. The Morgan fingerprint density at radius 3 is 2.73 bits per heavy atom. The minimum Gasteiger partial charge on any atom is -0.345 e. The summed E-state index contributed by atoms with van der Waals surface area (Å²) in [5, 5.41) is 16.9. The van der Waals surface area contributed by atoms with Gasteiger partial charge in [-0.15, -0.1) is 10.2 Å². The van der Waals surface area contributed by atoms with Gasteiger partial charge >= 0.3 is 0 Å². The summed E-state index contributed by atoms with van der Waals surface area (Å²) in [6, 6.07) is 14.9. The number of hydrogen-bond acceptors (Lipinski definition) is 5. The molecule has 8 nitrogen and oxygen atoms in total. The highest BCUT2D eigenvalue weighted by Crippen LogP contribution is 2.23. The molecule has 0 bridgehead atoms. The third-order valence-electron chi connectivity index (χ3n) is 3.93. The van der Waals surface area contributed by atoms with Crippen LogP contribution in [-0.4, -0.2) is 36.5 Å². The highest BCUT2D eigenvalue weighted by Gasteiger charge is 2.15. The van der Waals surface area contributed by atoms with Crippen molar-refractivity contribution in [3.05, 3.63) is 77.9 Å². The molecule has 0 aliphatic carbocycles. The molecule has 8 heteroatoms. The molecule has 0 aliphatic rings. The molecule has 26 heavy (non-hydrogen) atoms. The van der Waals surface area contributed by atoms with Crippen molar-refractivity contribution in [1.29, 1.82) is 0 Å². The van der Waals surface area contributed by atoms with Gasteiger partial charge in [0.2, 0.25) is 0 Å². The van der Waals surface area contributed by atoms with Gasteiger partial charge in [0.1, 0.15) is 5.82 Å². The molecule has 128 valence electrons. The van der Waals surface area contributed by atoms with E-state index in [1.165, 1.54) is 0 Å². The molecule has 0 radical (unpaired) electrons. The van der Waals surface area contributed by atoms with E-state index in [1.807, 2.05) is 42.5 Å². The van der Waals surface area contributed by atoms with Crippen LogP contribution in [0.2, 0.25) is 0 Å². The zero-order valence-electron chi connectivity index (χ0n) is 13.7. The van der Waals surface area contributed by atoms with Gasteiger partial charge in [0.25, 0.3) is 5.91 Å². The van der Waals surface area contributed by atoms with Crippen molar-refractivity contribution in [2.45, 2.75) is 6.42 Å². The van der Waals surface area contributed by atoms with Crippen molar-refractivity contribution in [2.24, 2.45) is 0 Å². The number of para-hydroxylation sites is 1. The molecular formula is C18H15N7O. The van der Waals surface area contributed by atoms with Gasteiger partial charge in [-0.25, -0.2) is 4.98 Å². The third-order valence-corrected chi connectivity index (χ3v) is 3.93. The molecule has 0 aliphatic heterocycles. The summed E-state index contributed by atoms with van der Waals surface area (Å²) in [5.41, 5.74) is 2.89. The van der Waals surface area contributed by atoms with Gasteiger partial charge in [-0.1, -0.05) is 41.6 Å². The molecule has 0 saturated carbocycles. The summed E-state index contributed by atoms with van der Waals surface area (Å²) < 4.78 is 0. The SMILES string of the molecule is O=C(Nc1ccccc1Cc1nn[nH]n1)c1ccccc1-c1ncc[nH]1. The van der Waals surface area contributed by atoms with E-state index in [0.29, 0.717) is 29.3 Å². The largest absolute Gasteiger partial charge is 0.345 e. The fourth-order valence-corrected chi connectivity index (χ4v) is 2.71. The second kappa shape index (κ2) is 6.98. The van der Waals surface area contributed by atoms with Crippen molar-refractivity contribution in [3.63, 3.8) is 0 Å². The Hall–Kier alpha value is -3.81. The van der Waals surface area contributed by atoms with Crippen LogP contribution in [0.4, 0.5) is 5.69 Å². The molecule has 2 aromatic carbocycles. The van der Waals surface area contributed by atoms with Crippen LogP contribution in [0.1, 0.15) is 21.7 Å². The van der Waals surface area contributed by atoms with Crippen LogP contribution >= 0.6 is 0 Å². The smallest absolute Gasteiger partial charge is 0.256 e. The van der Waals surface area contributed by atoms with E-state index < -0.39 is 0 Å². The molecule has 0 fully saturated rings. The molecular weight excluding hydrogens is 330 g/mol. The van der Waals surface area contributed by atoms with Crippen molar-refractivity contribution in [3.8, 4) is 11.4 Å². The maximum absolute atomic E-state index is 12.9. The number of amides is 1. The monoisotopic (exact) mass is 345 g/mol. The molecule has 1 amide bonds. The number of anilines is 1. The second-order valence-corrected chi connectivity index (χ2v) is 5.60. The maximum Gasteiger partial charge on any atom is 0.256 e. The zero-order chi connectivity index (χ0) is 17.8. The van der Waals surface area contributed by atoms with Crippen LogP contribution in [0.15, 0.2) is 60.9 Å². The van der Waals surface area contributed by atoms with Crippen LogP contribution < -0.4 is 5.32 Å². The number of imidazole rings is 1. The van der Waals surface area contributed by atoms with Crippen LogP contribution in [-0.2, 0) is 6.42 Å². The number of nitrogens with one attached hydrogen (secondary N) is 3. The van der Waals surface area contributed by atoms with E-state index in [1.54, 1.807) is 18.5 Å². The van der Waals surface area contributed by atoms with Gasteiger partial charge in [0.15, 0.2) is 5.82 Å². The summed E-state index contributed by atoms with van der Waals surface area (Å²) in [6.45, 7) is 0. The fourth-order valence-electron chi connectivity index (χ4n) is 2.71. The molecule has 3 N–H and O–H groups in total. The lowest BCUT2D eigenvalue weighted by Gasteiger charge is -2.12. The molecule has 2 aromatic heterocycles. The number of carbonyl (C=O) groups excluding carboxylic acids is 1. The molecule has 0 atom stereocenters. The first-order valence-corrected chi connectivity index (χ1v) is 8.01. The van der Waals surface area contributed by atoms with Gasteiger partial charge in [0.05, 0.1) is 5.56 Å². The number of H-pyrrole nitrogens is 2. The van der Waals surface area contributed by atoms with Crippen LogP contribution in [0.3, 0.4) is 0 Å². The quantitative estimate of drug-likeness (QED) is 0.514. The Kier molecular flexibility index (Phi) is 4.21. The summed E-state index contributed by atoms with van der Waals surface area (Å²) in [5.74, 6) is 0.996. The number of rotatable bonds is 5. The molecule has 2 heterocycles. The number of aromatic nitrogens is 6. The van der Waals surface area contributed by atoms with Crippen molar-refractivity contribution < 1.29 is 4.79 Å². The van der Waals surface area contributed by atoms with Gasteiger partial charge < -0.3 is 10.3 Å². The summed E-state index contributed by atoms with van der Waals surface area (Å²) >= 11 is 0. The highest BCUT2D eigenvalue weighted by molar-refractivity contribution is 6.08. The number of hydrogen-bond donors (Lipinski definition) is 3. The number of carbonyl (C=O) groups is 1. The molecule has 4 aromatic rings. The minimum absolute atomic E-state index is 0.211. The normalized spacial score (nSPS) is 10.6. The van der Waals surface area contributed by atoms with Gasteiger partial charge in [-0.05, 0) is 17.7 Å². The zero-order valence-corrected chi connectivity index (χ0v) is 13.7. The second-order valence-electron chi connectivity index (χ2n) is 5.60. The van der Waals surface area contributed by atoms with E-state index in [2.05, 4.69) is 35.9 Å². The van der Waals surface area contributed by atoms with Crippen LogP contribution in [0.25, 0.3) is 11.4 Å². The first-order chi connectivity index (χ1) is 12.8. The Morgan fingerprint density at radius 2 is 1.92 bits per heavy atom. The lowest BCUT2D eigenvalue weighted by atomic mass is 10.0. The van der Waals surface area contributed by atoms with E-state index in [9.17, 15) is 4.79 Å². The number of nitrogens with zero attached hydrogens (tertiary/aromatic N) is 4. The van der Waals surface area contributed by atoms with Gasteiger partial charge in [-0.3, -0.25) is 4.79 Å². The lowest BCUT2D eigenvalue weighted by Crippen LogP contribution is -2.15. The number of tetrazole rings is 1. The predicted molar refractivity (Wildman–Crippen MR) is 95.4 cm³/mol. The molecule has 0 spiro atoms. The Bertz CT molecular complexity index is 1010. The predicted octanol–water partition coefficient (Wildman–Crippen LogP) is 2.43. The Labute approximate surface area is 148 Å². The standard InChI is InChI=1S/C18H15N7O/c26-18(14-7-3-2-6-13(14)17-19-9-10-20-17)21-15-8-4-1-5-12(15)11-16-22-24-25-23-16/h1-10H,11H2,(H,19,20)(H,21,26)(H,22,23,24,25). The van der Waals surface area contributed by atoms with Crippen LogP contribution in [0.5, 0.6) is 0 Å². The van der Waals surface area contributed by atoms with Gasteiger partial charge in [-0.2, -0.15) is 5.21 Å². The molecule has 4 rings (SSSR count). The summed E-state index contributed by atoms with van der Waals surface area (Å²) in [4.78, 5) is 20.2. The Balaban J connectivity index is 1.62. The van der Waals surface area contributed by atoms with Gasteiger partial charge in [0, 0.05) is 30.1 Å². The highest BCUT2D eigenvalue weighted by atomic mass is 16.1. The first-order valence-electron chi connectivity index (χ1n) is 8.01. The topological polar surface area (TPSA) is 112 Å². The molecule has 0 saturated heterocycles. The van der Waals surface area contributed by atoms with E-state index >= 15 is 0 Å². The van der Waals surface area contributed by atoms with Crippen LogP contribution in [0, 0.1) is 0 Å². The maximum atomic E-state index is 12.9. The van der Waals surface area contributed by atoms with Crippen molar-refractivity contribution >= 4 is 11.6 Å². The average molecular weight is 345 g/mol. The minimum atomic E-state index is -0.211. The number of aromatic amines is 2. The van der Waals surface area contributed by atoms with E-state index in [0.717, 1.165) is 11.1 Å². The fraction of sp³-hybridized carbons (Fsp3) is 0.0556. The van der Waals surface area contributed by atoms with E-state index in [4.69, 9.17) is 0 Å². The summed E-state index contributed by atoms with van der Waals surface area (Å²) in [6.07, 6.45) is 3.85. The Morgan fingerprint density at radius 1 is 1.08 bits per heavy atom. The first kappa shape index (κ1) is 15.7. The molecule has 0 unspecified atom stereocenters. The number of benzene rings is 2. The summed E-state index contributed by atoms with van der Waals surface area (Å²) in [7, 11) is 0. The van der Waals surface area contributed by atoms with E-state index in [-0.39, 0.29) is 5.91 Å². The lowest BCUT2D eigenvalue weighted by molar-refractivity contribution is 0.102. The van der Waals surface area contributed by atoms with Crippen molar-refractivity contribution in [1.82, 2.24) is 30.6 Å². The average Bonchev–Trinajstić information content (AvgIpc) is 3.37. The van der Waals surface area contributed by atoms with Crippen molar-refractivity contribution in [2.75, 3.05) is 5.32 Å².